The van der Waals surface area contributed by atoms with Crippen molar-refractivity contribution >= 4 is 15.7 Å². The minimum Gasteiger partial charge on any atom is -0.438 e. The molecule has 0 saturated carbocycles. The van der Waals surface area contributed by atoms with Crippen LogP contribution >= 0.6 is 0 Å². The van der Waals surface area contributed by atoms with Gasteiger partial charge in [-0.05, 0) is 18.2 Å². The minimum absolute atomic E-state index is 0.0292. The molecule has 0 fully saturated rings. The average Bonchev–Trinajstić information content (AvgIpc) is 2.65. The Morgan fingerprint density at radius 3 is 2.53 bits per heavy atom. The van der Waals surface area contributed by atoms with Crippen LogP contribution in [0.2, 0.25) is 0 Å². The van der Waals surface area contributed by atoms with Crippen LogP contribution in [0.15, 0.2) is 48.0 Å². The van der Waals surface area contributed by atoms with Crippen molar-refractivity contribution in [2.24, 2.45) is 0 Å². The maximum absolute atomic E-state index is 13.7. The summed E-state index contributed by atoms with van der Waals surface area (Å²) in [5.41, 5.74) is -0.208. The van der Waals surface area contributed by atoms with E-state index in [1.165, 1.54) is 13.2 Å². The summed E-state index contributed by atoms with van der Waals surface area (Å²) >= 11 is 0. The molecule has 0 aliphatic carbocycles. The number of nitrogens with zero attached hydrogens (tertiary/aromatic N) is 2. The number of benzene rings is 1. The van der Waals surface area contributed by atoms with Gasteiger partial charge in [0.2, 0.25) is 11.7 Å². The van der Waals surface area contributed by atoms with Crippen LogP contribution in [0.5, 0.6) is 11.6 Å². The normalized spacial score (nSPS) is 13.2. The van der Waals surface area contributed by atoms with Crippen LogP contribution in [0.3, 0.4) is 0 Å². The fraction of sp³-hybridized carbons (Fsp3) is 0.316. The summed E-state index contributed by atoms with van der Waals surface area (Å²) in [6.07, 6.45) is 3.17. The van der Waals surface area contributed by atoms with Gasteiger partial charge in [-0.25, -0.2) is 13.4 Å². The van der Waals surface area contributed by atoms with E-state index < -0.39 is 33.5 Å². The quantitative estimate of drug-likeness (QED) is 0.637. The lowest BCUT2D eigenvalue weighted by atomic mass is 10.2. The van der Waals surface area contributed by atoms with Gasteiger partial charge in [-0.15, -0.1) is 0 Å². The van der Waals surface area contributed by atoms with Crippen molar-refractivity contribution in [1.82, 2.24) is 15.3 Å². The Kier molecular flexibility index (Phi) is 7.57. The van der Waals surface area contributed by atoms with E-state index in [4.69, 9.17) is 9.47 Å². The highest BCUT2D eigenvalue weighted by Crippen LogP contribution is 2.28. The largest absolute Gasteiger partial charge is 0.438 e. The van der Waals surface area contributed by atoms with Gasteiger partial charge in [0, 0.05) is 31.9 Å². The van der Waals surface area contributed by atoms with Gasteiger partial charge in [0.1, 0.15) is 11.3 Å². The summed E-state index contributed by atoms with van der Waals surface area (Å²) < 4.78 is 60.5. The predicted octanol–water partition coefficient (Wildman–Crippen LogP) is 2.68. The van der Waals surface area contributed by atoms with Gasteiger partial charge < -0.3 is 14.8 Å². The number of amides is 1. The third-order valence-corrected chi connectivity index (χ3v) is 4.22. The number of ether oxygens (including phenoxy) is 2. The first-order valence-corrected chi connectivity index (χ1v) is 10.6. The van der Waals surface area contributed by atoms with Crippen LogP contribution in [0.4, 0.5) is 8.78 Å². The first kappa shape index (κ1) is 23.4. The fourth-order valence-corrected chi connectivity index (χ4v) is 2.70. The Morgan fingerprint density at radius 1 is 1.30 bits per heavy atom. The number of hydrogen-bond donors (Lipinski definition) is 1. The highest BCUT2D eigenvalue weighted by Gasteiger charge is 2.31. The third kappa shape index (κ3) is 7.16. The van der Waals surface area contributed by atoms with E-state index >= 15 is 0 Å². The van der Waals surface area contributed by atoms with Gasteiger partial charge in [0.15, 0.2) is 9.84 Å². The number of sulfone groups is 1. The lowest BCUT2D eigenvalue weighted by molar-refractivity contribution is 0.00707. The molecule has 11 heteroatoms. The van der Waals surface area contributed by atoms with Crippen LogP contribution in [-0.2, 0) is 20.5 Å². The molecule has 0 unspecified atom stereocenters. The predicted molar refractivity (Wildman–Crippen MR) is 105 cm³/mol. The number of para-hydroxylation sites is 1. The molecule has 0 bridgehead atoms. The standard InChI is InChI=1S/C19H21F2N3O5S/c1-19(20,21)18-22-11-15(17(24-18)29-14-7-5-4-6-8-14)16(25)23-13(12-28-2)9-10-30(3,26)27/h4-11,13H,12H2,1-3H3,(H,23,25)/b10-9+/t13-/m1/s1. The second-order valence-electron chi connectivity index (χ2n) is 6.41. The van der Waals surface area contributed by atoms with E-state index in [0.29, 0.717) is 6.92 Å². The zero-order valence-electron chi connectivity index (χ0n) is 16.5. The molecule has 1 amide bonds. The van der Waals surface area contributed by atoms with Crippen LogP contribution in [0.1, 0.15) is 23.1 Å². The number of carbonyl (C=O) groups excluding carboxylic acids is 1. The molecule has 1 aromatic carbocycles. The van der Waals surface area contributed by atoms with Crippen LogP contribution in [-0.4, -0.2) is 50.3 Å². The van der Waals surface area contributed by atoms with Crippen LogP contribution < -0.4 is 10.1 Å². The molecule has 0 radical (unpaired) electrons. The molecule has 0 spiro atoms. The zero-order chi connectivity index (χ0) is 22.4. The topological polar surface area (TPSA) is 107 Å². The highest BCUT2D eigenvalue weighted by molar-refractivity contribution is 7.93. The lowest BCUT2D eigenvalue weighted by Gasteiger charge is -2.17. The molecule has 0 saturated heterocycles. The lowest BCUT2D eigenvalue weighted by Crippen LogP contribution is -2.37. The van der Waals surface area contributed by atoms with E-state index in [1.54, 1.807) is 30.3 Å². The molecule has 8 nitrogen and oxygen atoms in total. The summed E-state index contributed by atoms with van der Waals surface area (Å²) in [6.45, 7) is 0.595. The van der Waals surface area contributed by atoms with Crippen LogP contribution in [0.25, 0.3) is 0 Å². The fourth-order valence-electron chi connectivity index (χ4n) is 2.22. The summed E-state index contributed by atoms with van der Waals surface area (Å²) in [5, 5.41) is 3.45. The summed E-state index contributed by atoms with van der Waals surface area (Å²) in [5.74, 6) is -5.00. The molecule has 162 valence electrons. The number of carbonyl (C=O) groups is 1. The number of nitrogens with one attached hydrogen (secondary N) is 1. The second kappa shape index (κ2) is 9.72. The van der Waals surface area contributed by atoms with Gasteiger partial charge >= 0.3 is 5.92 Å². The van der Waals surface area contributed by atoms with Crippen molar-refractivity contribution < 1.29 is 31.5 Å². The van der Waals surface area contributed by atoms with Crippen molar-refractivity contribution in [3.8, 4) is 11.6 Å². The summed E-state index contributed by atoms with van der Waals surface area (Å²) in [6, 6.07) is 7.38. The molecule has 2 rings (SSSR count). The minimum atomic E-state index is -3.43. The monoisotopic (exact) mass is 441 g/mol. The number of rotatable bonds is 9. The molecule has 1 atom stereocenters. The van der Waals surface area contributed by atoms with Crippen molar-refractivity contribution in [1.29, 1.82) is 0 Å². The first-order valence-electron chi connectivity index (χ1n) is 8.66. The van der Waals surface area contributed by atoms with Crippen molar-refractivity contribution in [3.63, 3.8) is 0 Å². The van der Waals surface area contributed by atoms with Gasteiger partial charge in [0.05, 0.1) is 12.6 Å². The molecule has 2 aromatic rings. The third-order valence-electron chi connectivity index (χ3n) is 3.57. The average molecular weight is 441 g/mol. The summed E-state index contributed by atoms with van der Waals surface area (Å²) in [7, 11) is -2.06. The van der Waals surface area contributed by atoms with E-state index in [2.05, 4.69) is 15.3 Å². The Labute approximate surface area is 172 Å². The van der Waals surface area contributed by atoms with Crippen LogP contribution in [0, 0.1) is 0 Å². The van der Waals surface area contributed by atoms with E-state index in [9.17, 15) is 22.0 Å². The number of alkyl halides is 2. The Balaban J connectivity index is 2.37. The van der Waals surface area contributed by atoms with Gasteiger partial charge in [0.25, 0.3) is 5.91 Å². The van der Waals surface area contributed by atoms with Gasteiger partial charge in [-0.2, -0.15) is 13.8 Å². The maximum atomic E-state index is 13.7. The molecule has 1 aromatic heterocycles. The number of methoxy groups -OCH3 is 1. The maximum Gasteiger partial charge on any atom is 0.303 e. The SMILES string of the molecule is COC[C@@H](/C=C/S(C)(=O)=O)NC(=O)c1cnc(C(C)(F)F)nc1Oc1ccccc1. The number of hydrogen-bond acceptors (Lipinski definition) is 7. The van der Waals surface area contributed by atoms with Gasteiger partial charge in [-0.1, -0.05) is 18.2 Å². The molecule has 0 aliphatic heterocycles. The van der Waals surface area contributed by atoms with Crippen molar-refractivity contribution in [2.75, 3.05) is 20.0 Å². The molecule has 1 heterocycles. The first-order chi connectivity index (χ1) is 14.0. The molecule has 1 N–H and O–H groups in total. The Hall–Kier alpha value is -2.92. The second-order valence-corrected chi connectivity index (χ2v) is 8.34. The molecule has 0 aliphatic rings. The van der Waals surface area contributed by atoms with Gasteiger partial charge in [-0.3, -0.25) is 4.79 Å². The number of aromatic nitrogens is 2. The Morgan fingerprint density at radius 2 is 1.97 bits per heavy atom. The Bertz CT molecular complexity index is 1010. The van der Waals surface area contributed by atoms with E-state index in [-0.39, 0.29) is 23.8 Å². The number of halogens is 2. The van der Waals surface area contributed by atoms with E-state index in [0.717, 1.165) is 17.9 Å². The smallest absolute Gasteiger partial charge is 0.303 e. The van der Waals surface area contributed by atoms with Crippen molar-refractivity contribution in [2.45, 2.75) is 18.9 Å². The highest BCUT2D eigenvalue weighted by atomic mass is 32.2. The van der Waals surface area contributed by atoms with Crippen molar-refractivity contribution in [3.05, 3.63) is 59.4 Å². The molecular weight excluding hydrogens is 420 g/mol. The van der Waals surface area contributed by atoms with E-state index in [1.807, 2.05) is 0 Å². The summed E-state index contributed by atoms with van der Waals surface area (Å²) in [4.78, 5) is 20.0. The molecule has 30 heavy (non-hydrogen) atoms. The molecular formula is C19H21F2N3O5S. The zero-order valence-corrected chi connectivity index (χ0v) is 17.3.